The van der Waals surface area contributed by atoms with E-state index >= 15 is 0 Å². The lowest BCUT2D eigenvalue weighted by Crippen LogP contribution is -2.52. The zero-order valence-corrected chi connectivity index (χ0v) is 18.0. The average Bonchev–Trinajstić information content (AvgIpc) is 3.30. The highest BCUT2D eigenvalue weighted by Crippen LogP contribution is 2.25. The Kier molecular flexibility index (Phi) is 7.99. The van der Waals surface area contributed by atoms with E-state index in [-0.39, 0.29) is 23.3 Å². The van der Waals surface area contributed by atoms with Crippen LogP contribution in [-0.2, 0) is 0 Å². The minimum absolute atomic E-state index is 0.115. The smallest absolute Gasteiger partial charge is 0.134 e. The Morgan fingerprint density at radius 3 is 2.07 bits per heavy atom. The monoisotopic (exact) mass is 398 g/mol. The SMILES string of the molecule is CN1NN=CN1C(C)(C)CCC(O)CCCC(O)CCC(C)(C)N1CN=NN1. The molecule has 4 N–H and O–H groups in total. The molecule has 0 fully saturated rings. The van der Waals surface area contributed by atoms with Crippen molar-refractivity contribution in [2.45, 2.75) is 95.9 Å². The lowest BCUT2D eigenvalue weighted by atomic mass is 9.92. The van der Waals surface area contributed by atoms with Gasteiger partial charge in [0.1, 0.15) is 13.0 Å². The second-order valence-electron chi connectivity index (χ2n) is 9.06. The summed E-state index contributed by atoms with van der Waals surface area (Å²) in [5.41, 5.74) is 5.51. The Balaban J connectivity index is 1.59. The molecule has 0 aliphatic carbocycles. The molecular weight excluding hydrogens is 360 g/mol. The molecular formula is C18H38N8O2. The summed E-state index contributed by atoms with van der Waals surface area (Å²) >= 11 is 0. The largest absolute Gasteiger partial charge is 0.393 e. The first-order chi connectivity index (χ1) is 13.1. The molecule has 2 heterocycles. The molecule has 0 aromatic carbocycles. The molecule has 28 heavy (non-hydrogen) atoms. The second kappa shape index (κ2) is 9.82. The topological polar surface area (TPSA) is 111 Å². The Bertz CT molecular complexity index is 532. The number of aliphatic hydroxyl groups is 2. The van der Waals surface area contributed by atoms with E-state index in [1.54, 1.807) is 6.34 Å². The molecule has 0 aromatic rings. The highest BCUT2D eigenvalue weighted by atomic mass is 16.3. The third-order valence-corrected chi connectivity index (χ3v) is 5.74. The van der Waals surface area contributed by atoms with Gasteiger partial charge in [0.2, 0.25) is 0 Å². The van der Waals surface area contributed by atoms with Crippen LogP contribution in [0.25, 0.3) is 0 Å². The van der Waals surface area contributed by atoms with E-state index in [0.717, 1.165) is 32.1 Å². The van der Waals surface area contributed by atoms with Crippen molar-refractivity contribution < 1.29 is 10.2 Å². The number of nitrogens with one attached hydrogen (secondary N) is 2. The summed E-state index contributed by atoms with van der Waals surface area (Å²) in [6.45, 7) is 9.05. The molecule has 0 aromatic heterocycles. The van der Waals surface area contributed by atoms with Crippen molar-refractivity contribution in [3.8, 4) is 0 Å². The van der Waals surface area contributed by atoms with Gasteiger partial charge in [0, 0.05) is 12.6 Å². The maximum atomic E-state index is 10.3. The van der Waals surface area contributed by atoms with Crippen LogP contribution >= 0.6 is 0 Å². The van der Waals surface area contributed by atoms with Crippen LogP contribution in [0.2, 0.25) is 0 Å². The summed E-state index contributed by atoms with van der Waals surface area (Å²) in [5, 5.41) is 38.2. The molecule has 0 radical (unpaired) electrons. The fourth-order valence-corrected chi connectivity index (χ4v) is 3.56. The standard InChI is InChI=1S/C18H38N8O2/c1-17(2,25-13-19-21-23-25)11-9-15(27)7-6-8-16(28)10-12-18(3,4)26-14-20-22-24(26)5/h14-16,22,27-28H,6-13H2,1-5H3,(H,19,23). The fourth-order valence-electron chi connectivity index (χ4n) is 3.56. The minimum atomic E-state index is -0.349. The highest BCUT2D eigenvalue weighted by Gasteiger charge is 2.31. The van der Waals surface area contributed by atoms with Gasteiger partial charge in [-0.05, 0) is 72.6 Å². The fraction of sp³-hybridized carbons (Fsp3) is 0.944. The van der Waals surface area contributed by atoms with Crippen LogP contribution in [0.4, 0.5) is 0 Å². The molecule has 2 atom stereocenters. The van der Waals surface area contributed by atoms with Gasteiger partial charge in [-0.25, -0.2) is 11.1 Å². The van der Waals surface area contributed by atoms with Gasteiger partial charge in [-0.2, -0.15) is 15.2 Å². The Hall–Kier alpha value is -1.49. The maximum Gasteiger partial charge on any atom is 0.134 e. The molecule has 0 saturated heterocycles. The number of aliphatic hydroxyl groups excluding tert-OH is 2. The number of hydrogen-bond donors (Lipinski definition) is 4. The summed E-state index contributed by atoms with van der Waals surface area (Å²) in [4.78, 5) is 0. The predicted octanol–water partition coefficient (Wildman–Crippen LogP) is 1.75. The molecule has 10 heteroatoms. The third kappa shape index (κ3) is 6.54. The first kappa shape index (κ1) is 22.8. The number of hydrazone groups is 1. The van der Waals surface area contributed by atoms with Gasteiger partial charge in [-0.1, -0.05) is 5.22 Å². The zero-order chi connectivity index (χ0) is 20.8. The van der Waals surface area contributed by atoms with Gasteiger partial charge in [0.25, 0.3) is 0 Å². The summed E-state index contributed by atoms with van der Waals surface area (Å²) in [6, 6.07) is 0. The number of hydrogen-bond acceptors (Lipinski definition) is 10. The molecule has 0 bridgehead atoms. The van der Waals surface area contributed by atoms with E-state index in [0.29, 0.717) is 19.5 Å². The van der Waals surface area contributed by atoms with Crippen LogP contribution < -0.4 is 11.1 Å². The van der Waals surface area contributed by atoms with E-state index < -0.39 is 0 Å². The summed E-state index contributed by atoms with van der Waals surface area (Å²) < 4.78 is 0. The van der Waals surface area contributed by atoms with Gasteiger partial charge < -0.3 is 10.2 Å². The molecule has 0 saturated carbocycles. The first-order valence-corrected chi connectivity index (χ1v) is 10.2. The van der Waals surface area contributed by atoms with Crippen LogP contribution in [0.5, 0.6) is 0 Å². The zero-order valence-electron chi connectivity index (χ0n) is 18.0. The van der Waals surface area contributed by atoms with Gasteiger partial charge in [-0.3, -0.25) is 5.01 Å². The summed E-state index contributed by atoms with van der Waals surface area (Å²) in [7, 11) is 1.91. The van der Waals surface area contributed by atoms with E-state index in [1.807, 2.05) is 22.2 Å². The number of nitrogens with zero attached hydrogens (tertiary/aromatic N) is 6. The van der Waals surface area contributed by atoms with Crippen molar-refractivity contribution in [2.75, 3.05) is 13.7 Å². The van der Waals surface area contributed by atoms with Crippen molar-refractivity contribution in [1.29, 1.82) is 0 Å². The maximum absolute atomic E-state index is 10.3. The number of hydrazine groups is 3. The van der Waals surface area contributed by atoms with Crippen LogP contribution in [0.3, 0.4) is 0 Å². The normalized spacial score (nSPS) is 20.5. The van der Waals surface area contributed by atoms with Crippen LogP contribution in [0.1, 0.15) is 72.6 Å². The molecule has 0 amide bonds. The van der Waals surface area contributed by atoms with Crippen molar-refractivity contribution in [2.24, 2.45) is 15.4 Å². The Morgan fingerprint density at radius 2 is 1.57 bits per heavy atom. The van der Waals surface area contributed by atoms with Gasteiger partial charge >= 0.3 is 0 Å². The average molecular weight is 399 g/mol. The van der Waals surface area contributed by atoms with Crippen molar-refractivity contribution in [1.82, 2.24) is 26.2 Å². The van der Waals surface area contributed by atoms with E-state index in [4.69, 9.17) is 0 Å². The number of rotatable bonds is 12. The Labute approximate surface area is 168 Å². The summed E-state index contributed by atoms with van der Waals surface area (Å²) in [6.07, 6.45) is 6.46. The van der Waals surface area contributed by atoms with E-state index in [2.05, 4.69) is 54.2 Å². The first-order valence-electron chi connectivity index (χ1n) is 10.2. The quantitative estimate of drug-likeness (QED) is 0.396. The molecule has 2 unspecified atom stereocenters. The van der Waals surface area contributed by atoms with E-state index in [1.165, 1.54) is 0 Å². The molecule has 10 nitrogen and oxygen atoms in total. The minimum Gasteiger partial charge on any atom is -0.393 e. The predicted molar refractivity (Wildman–Crippen MR) is 108 cm³/mol. The molecule has 162 valence electrons. The molecule has 2 aliphatic rings. The van der Waals surface area contributed by atoms with E-state index in [9.17, 15) is 10.2 Å². The van der Waals surface area contributed by atoms with Gasteiger partial charge in [-0.15, -0.1) is 5.12 Å². The van der Waals surface area contributed by atoms with Crippen LogP contribution in [0.15, 0.2) is 15.4 Å². The molecule has 2 rings (SSSR count). The summed E-state index contributed by atoms with van der Waals surface area (Å²) in [5.74, 6) is 0. The molecule has 2 aliphatic heterocycles. The van der Waals surface area contributed by atoms with Crippen molar-refractivity contribution in [3.05, 3.63) is 0 Å². The van der Waals surface area contributed by atoms with Crippen molar-refractivity contribution >= 4 is 6.34 Å². The highest BCUT2D eigenvalue weighted by molar-refractivity contribution is 5.56. The van der Waals surface area contributed by atoms with Crippen LogP contribution in [0, 0.1) is 0 Å². The lowest BCUT2D eigenvalue weighted by Gasteiger charge is -2.38. The lowest BCUT2D eigenvalue weighted by molar-refractivity contribution is -0.0334. The van der Waals surface area contributed by atoms with Gasteiger partial charge in [0.15, 0.2) is 0 Å². The Morgan fingerprint density at radius 1 is 0.964 bits per heavy atom. The van der Waals surface area contributed by atoms with Gasteiger partial charge in [0.05, 0.1) is 17.7 Å². The molecule has 0 spiro atoms. The van der Waals surface area contributed by atoms with Crippen molar-refractivity contribution in [3.63, 3.8) is 0 Å². The van der Waals surface area contributed by atoms with Crippen LogP contribution in [-0.4, -0.2) is 68.7 Å². The third-order valence-electron chi connectivity index (χ3n) is 5.74. The second-order valence-corrected chi connectivity index (χ2v) is 9.06.